The second kappa shape index (κ2) is 6.37. The number of nitrogens with one attached hydrogen (secondary N) is 1. The fourth-order valence-corrected chi connectivity index (χ4v) is 3.41. The number of nitrogens with zero attached hydrogens (tertiary/aromatic N) is 2. The van der Waals surface area contributed by atoms with Crippen molar-refractivity contribution in [3.63, 3.8) is 0 Å². The Hall–Kier alpha value is -1.72. The fraction of sp³-hybridized carbons (Fsp3) is 0.188. The van der Waals surface area contributed by atoms with Gasteiger partial charge in [0.25, 0.3) is 0 Å². The Morgan fingerprint density at radius 2 is 2.05 bits per heavy atom. The second-order valence-electron chi connectivity index (χ2n) is 4.72. The third-order valence-corrected chi connectivity index (χ3v) is 5.03. The van der Waals surface area contributed by atoms with Gasteiger partial charge in [-0.15, -0.1) is 23.1 Å². The van der Waals surface area contributed by atoms with E-state index in [9.17, 15) is 0 Å². The molecular formula is C16H17N3S2. The van der Waals surface area contributed by atoms with Crippen LogP contribution in [0.3, 0.4) is 0 Å². The number of aryl methyl sites for hydroxylation is 1. The Labute approximate surface area is 133 Å². The average Bonchev–Trinajstić information content (AvgIpc) is 3.17. The summed E-state index contributed by atoms with van der Waals surface area (Å²) in [6.07, 6.45) is 5.91. The number of hydrogen-bond acceptors (Lipinski definition) is 4. The zero-order valence-corrected chi connectivity index (χ0v) is 13.6. The topological polar surface area (TPSA) is 29.9 Å². The van der Waals surface area contributed by atoms with Crippen LogP contribution in [0.4, 0.5) is 5.69 Å². The van der Waals surface area contributed by atoms with E-state index in [1.54, 1.807) is 23.1 Å². The molecule has 0 bridgehead atoms. The van der Waals surface area contributed by atoms with Crippen molar-refractivity contribution in [1.82, 2.24) is 9.55 Å². The van der Waals surface area contributed by atoms with Crippen molar-refractivity contribution in [3.05, 3.63) is 64.9 Å². The molecule has 2 heterocycles. The van der Waals surface area contributed by atoms with Crippen LogP contribution in [-0.2, 0) is 7.05 Å². The Balaban J connectivity index is 1.91. The SMILES string of the molecule is CSc1ccc(NC(c2cccs2)c2nccn2C)cc1. The molecule has 1 atom stereocenters. The number of anilines is 1. The quantitative estimate of drug-likeness (QED) is 0.708. The molecule has 1 aromatic carbocycles. The van der Waals surface area contributed by atoms with E-state index in [1.165, 1.54) is 9.77 Å². The molecular weight excluding hydrogens is 298 g/mol. The van der Waals surface area contributed by atoms with E-state index >= 15 is 0 Å². The molecule has 3 aromatic rings. The number of rotatable bonds is 5. The molecule has 0 saturated heterocycles. The molecule has 1 unspecified atom stereocenters. The highest BCUT2D eigenvalue weighted by Gasteiger charge is 2.19. The van der Waals surface area contributed by atoms with Gasteiger partial charge >= 0.3 is 0 Å². The van der Waals surface area contributed by atoms with Gasteiger partial charge in [0.2, 0.25) is 0 Å². The van der Waals surface area contributed by atoms with Gasteiger partial charge in [-0.1, -0.05) is 6.07 Å². The van der Waals surface area contributed by atoms with E-state index in [4.69, 9.17) is 0 Å². The van der Waals surface area contributed by atoms with Gasteiger partial charge in [-0.2, -0.15) is 0 Å². The lowest BCUT2D eigenvalue weighted by molar-refractivity contribution is 0.756. The number of benzene rings is 1. The predicted octanol–water partition coefficient (Wildman–Crippen LogP) is 4.41. The maximum atomic E-state index is 4.50. The van der Waals surface area contributed by atoms with Crippen LogP contribution in [0.5, 0.6) is 0 Å². The first-order valence-corrected chi connectivity index (χ1v) is 8.79. The third-order valence-electron chi connectivity index (χ3n) is 3.35. The maximum Gasteiger partial charge on any atom is 0.136 e. The fourth-order valence-electron chi connectivity index (χ4n) is 2.23. The zero-order valence-electron chi connectivity index (χ0n) is 12.0. The van der Waals surface area contributed by atoms with Gasteiger partial charge in [-0.3, -0.25) is 0 Å². The van der Waals surface area contributed by atoms with Crippen LogP contribution in [0, 0.1) is 0 Å². The van der Waals surface area contributed by atoms with Crippen LogP contribution >= 0.6 is 23.1 Å². The minimum atomic E-state index is 0.0742. The van der Waals surface area contributed by atoms with Gasteiger partial charge in [-0.05, 0) is 42.0 Å². The Bertz CT molecular complexity index is 687. The highest BCUT2D eigenvalue weighted by molar-refractivity contribution is 7.98. The molecule has 21 heavy (non-hydrogen) atoms. The molecule has 0 aliphatic heterocycles. The summed E-state index contributed by atoms with van der Waals surface area (Å²) in [5, 5.41) is 5.69. The first-order chi connectivity index (χ1) is 10.3. The smallest absolute Gasteiger partial charge is 0.136 e. The van der Waals surface area contributed by atoms with Gasteiger partial charge in [0, 0.05) is 34.9 Å². The maximum absolute atomic E-state index is 4.50. The Morgan fingerprint density at radius 1 is 1.24 bits per heavy atom. The molecule has 0 spiro atoms. The molecule has 3 nitrogen and oxygen atoms in total. The van der Waals surface area contributed by atoms with Crippen molar-refractivity contribution in [1.29, 1.82) is 0 Å². The molecule has 0 radical (unpaired) electrons. The number of imidazole rings is 1. The van der Waals surface area contributed by atoms with E-state index in [0.29, 0.717) is 0 Å². The summed E-state index contributed by atoms with van der Waals surface area (Å²) >= 11 is 3.50. The molecule has 0 aliphatic rings. The van der Waals surface area contributed by atoms with E-state index in [0.717, 1.165) is 11.5 Å². The summed E-state index contributed by atoms with van der Waals surface area (Å²) in [6.45, 7) is 0. The minimum Gasteiger partial charge on any atom is -0.371 e. The standard InChI is InChI=1S/C16H17N3S2/c1-19-10-9-17-16(19)15(14-4-3-11-21-14)18-12-5-7-13(20-2)8-6-12/h3-11,15,18H,1-2H3. The molecule has 2 aromatic heterocycles. The molecule has 5 heteroatoms. The highest BCUT2D eigenvalue weighted by atomic mass is 32.2. The number of thioether (sulfide) groups is 1. The molecule has 0 saturated carbocycles. The summed E-state index contributed by atoms with van der Waals surface area (Å²) < 4.78 is 2.06. The number of aromatic nitrogens is 2. The Morgan fingerprint density at radius 3 is 2.62 bits per heavy atom. The van der Waals surface area contributed by atoms with Crippen molar-refractivity contribution in [2.75, 3.05) is 11.6 Å². The average molecular weight is 315 g/mol. The van der Waals surface area contributed by atoms with Crippen LogP contribution in [-0.4, -0.2) is 15.8 Å². The van der Waals surface area contributed by atoms with Gasteiger partial charge < -0.3 is 9.88 Å². The van der Waals surface area contributed by atoms with Crippen LogP contribution in [0.25, 0.3) is 0 Å². The number of hydrogen-bond donors (Lipinski definition) is 1. The summed E-state index contributed by atoms with van der Waals surface area (Å²) in [7, 11) is 2.03. The molecule has 0 fully saturated rings. The Kier molecular flexibility index (Phi) is 4.31. The van der Waals surface area contributed by atoms with Crippen LogP contribution < -0.4 is 5.32 Å². The second-order valence-corrected chi connectivity index (χ2v) is 6.58. The van der Waals surface area contributed by atoms with Crippen molar-refractivity contribution >= 4 is 28.8 Å². The summed E-state index contributed by atoms with van der Waals surface area (Å²) in [6, 6.07) is 12.8. The first-order valence-electron chi connectivity index (χ1n) is 6.69. The van der Waals surface area contributed by atoms with E-state index in [2.05, 4.69) is 62.9 Å². The normalized spacial score (nSPS) is 12.3. The van der Waals surface area contributed by atoms with Gasteiger partial charge in [0.15, 0.2) is 0 Å². The predicted molar refractivity (Wildman–Crippen MR) is 91.2 cm³/mol. The van der Waals surface area contributed by atoms with Crippen LogP contribution in [0.15, 0.2) is 59.1 Å². The molecule has 0 aliphatic carbocycles. The summed E-state index contributed by atoms with van der Waals surface area (Å²) in [4.78, 5) is 7.04. The van der Waals surface area contributed by atoms with Gasteiger partial charge in [0.05, 0.1) is 0 Å². The van der Waals surface area contributed by atoms with Crippen LogP contribution in [0.1, 0.15) is 16.7 Å². The minimum absolute atomic E-state index is 0.0742. The van der Waals surface area contributed by atoms with Crippen molar-refractivity contribution in [2.45, 2.75) is 10.9 Å². The molecule has 1 N–H and O–H groups in total. The lowest BCUT2D eigenvalue weighted by Gasteiger charge is -2.18. The zero-order chi connectivity index (χ0) is 14.7. The van der Waals surface area contributed by atoms with Gasteiger partial charge in [0.1, 0.15) is 11.9 Å². The number of thiophene rings is 1. The van der Waals surface area contributed by atoms with E-state index < -0.39 is 0 Å². The monoisotopic (exact) mass is 315 g/mol. The lowest BCUT2D eigenvalue weighted by Crippen LogP contribution is -2.15. The summed E-state index contributed by atoms with van der Waals surface area (Å²) in [5.41, 5.74) is 1.11. The third kappa shape index (κ3) is 3.14. The van der Waals surface area contributed by atoms with Gasteiger partial charge in [-0.25, -0.2) is 4.98 Å². The molecule has 0 amide bonds. The van der Waals surface area contributed by atoms with E-state index in [1.807, 2.05) is 19.4 Å². The van der Waals surface area contributed by atoms with Crippen molar-refractivity contribution in [2.24, 2.45) is 7.05 Å². The van der Waals surface area contributed by atoms with Crippen molar-refractivity contribution < 1.29 is 0 Å². The van der Waals surface area contributed by atoms with Crippen LogP contribution in [0.2, 0.25) is 0 Å². The lowest BCUT2D eigenvalue weighted by atomic mass is 10.2. The first kappa shape index (κ1) is 14.2. The largest absolute Gasteiger partial charge is 0.371 e. The molecule has 3 rings (SSSR count). The highest BCUT2D eigenvalue weighted by Crippen LogP contribution is 2.29. The van der Waals surface area contributed by atoms with E-state index in [-0.39, 0.29) is 6.04 Å². The van der Waals surface area contributed by atoms with Crippen molar-refractivity contribution in [3.8, 4) is 0 Å². The summed E-state index contributed by atoms with van der Waals surface area (Å²) in [5.74, 6) is 1.02. The molecule has 108 valence electrons.